The third-order valence-electron chi connectivity index (χ3n) is 10.2. The first-order valence-electron chi connectivity index (χ1n) is 15.6. The molecule has 1 aromatic rings. The molecule has 0 amide bonds. The van der Waals surface area contributed by atoms with Crippen LogP contribution in [-0.4, -0.2) is 40.7 Å². The van der Waals surface area contributed by atoms with Gasteiger partial charge in [-0.2, -0.15) is 0 Å². The van der Waals surface area contributed by atoms with Gasteiger partial charge in [0.25, 0.3) is 0 Å². The minimum atomic E-state index is -0.912. The third kappa shape index (κ3) is 7.15. The van der Waals surface area contributed by atoms with Crippen LogP contribution in [0.5, 0.6) is 5.75 Å². The van der Waals surface area contributed by atoms with Crippen LogP contribution in [0.25, 0.3) is 0 Å². The van der Waals surface area contributed by atoms with Crippen LogP contribution in [0.4, 0.5) is 0 Å². The van der Waals surface area contributed by atoms with Crippen LogP contribution in [0.2, 0.25) is 0 Å². The topological polar surface area (TPSA) is 60.8 Å². The molecule has 0 spiro atoms. The van der Waals surface area contributed by atoms with Gasteiger partial charge in [0.05, 0.1) is 0 Å². The van der Waals surface area contributed by atoms with Crippen LogP contribution in [0.3, 0.4) is 0 Å². The molecule has 2 N–H and O–H groups in total. The summed E-state index contributed by atoms with van der Waals surface area (Å²) in [5.74, 6) is 0.355. The fraction of sp³-hybridized carbons (Fsp3) is 0.541. The Kier molecular flexibility index (Phi) is 9.85. The zero-order chi connectivity index (χ0) is 29.8. The first-order chi connectivity index (χ1) is 19.4. The molecule has 3 atom stereocenters. The van der Waals surface area contributed by atoms with Crippen LogP contribution in [0.15, 0.2) is 76.9 Å². The highest BCUT2D eigenvalue weighted by molar-refractivity contribution is 5.81. The summed E-state index contributed by atoms with van der Waals surface area (Å²) >= 11 is 0. The molecule has 4 nitrogen and oxygen atoms in total. The lowest BCUT2D eigenvalue weighted by atomic mass is 9.52. The number of piperidine rings is 1. The number of likely N-dealkylation sites (N-methyl/N-ethyl adjacent to an activating group) is 1. The van der Waals surface area contributed by atoms with Crippen molar-refractivity contribution in [2.45, 2.75) is 104 Å². The maximum Gasteiger partial charge on any atom is 0.328 e. The summed E-state index contributed by atoms with van der Waals surface area (Å²) in [5, 5.41) is 18.6. The Morgan fingerprint density at radius 1 is 1.05 bits per heavy atom. The zero-order valence-corrected chi connectivity index (χ0v) is 26.2. The Morgan fingerprint density at radius 3 is 2.56 bits per heavy atom. The predicted molar refractivity (Wildman–Crippen MR) is 170 cm³/mol. The van der Waals surface area contributed by atoms with Crippen molar-refractivity contribution in [1.29, 1.82) is 0 Å². The van der Waals surface area contributed by atoms with Gasteiger partial charge >= 0.3 is 5.97 Å². The fourth-order valence-electron chi connectivity index (χ4n) is 8.06. The maximum absolute atomic E-state index is 10.5. The third-order valence-corrected chi connectivity index (χ3v) is 10.2. The quantitative estimate of drug-likeness (QED) is 0.281. The number of hydrogen-bond acceptors (Lipinski definition) is 3. The summed E-state index contributed by atoms with van der Waals surface area (Å²) in [6.45, 7) is 11.9. The summed E-state index contributed by atoms with van der Waals surface area (Å²) in [5.41, 5.74) is 8.45. The van der Waals surface area contributed by atoms with Crippen molar-refractivity contribution in [1.82, 2.24) is 4.90 Å². The van der Waals surface area contributed by atoms with Gasteiger partial charge in [-0.25, -0.2) is 4.79 Å². The molecule has 0 aromatic heterocycles. The van der Waals surface area contributed by atoms with Crippen molar-refractivity contribution in [2.75, 3.05) is 13.6 Å². The molecule has 1 aromatic carbocycles. The number of carboxylic acid groups (broad SMARTS) is 1. The van der Waals surface area contributed by atoms with Crippen LogP contribution < -0.4 is 0 Å². The Bertz CT molecular complexity index is 1280. The molecule has 1 saturated carbocycles. The molecule has 0 radical (unpaired) electrons. The fourth-order valence-corrected chi connectivity index (χ4v) is 8.06. The van der Waals surface area contributed by atoms with Crippen LogP contribution in [0, 0.1) is 11.3 Å². The lowest BCUT2D eigenvalue weighted by molar-refractivity contribution is -0.131. The zero-order valence-electron chi connectivity index (χ0n) is 26.2. The lowest BCUT2D eigenvalue weighted by Crippen LogP contribution is -2.59. The van der Waals surface area contributed by atoms with Gasteiger partial charge in [0.2, 0.25) is 0 Å². The van der Waals surface area contributed by atoms with Gasteiger partial charge in [-0.3, -0.25) is 0 Å². The first kappa shape index (κ1) is 31.1. The molecular formula is C37H51NO3. The number of fused-ring (bicyclic) bond motifs is 1. The van der Waals surface area contributed by atoms with Crippen molar-refractivity contribution in [3.63, 3.8) is 0 Å². The summed E-state index contributed by atoms with van der Waals surface area (Å²) in [6.07, 6.45) is 22.9. The van der Waals surface area contributed by atoms with E-state index in [2.05, 4.69) is 63.9 Å². The van der Waals surface area contributed by atoms with Crippen molar-refractivity contribution in [2.24, 2.45) is 11.3 Å². The van der Waals surface area contributed by atoms with Crippen LogP contribution in [-0.2, 0) is 16.6 Å². The van der Waals surface area contributed by atoms with E-state index in [9.17, 15) is 9.90 Å². The van der Waals surface area contributed by atoms with Crippen molar-refractivity contribution in [3.8, 4) is 5.75 Å². The highest BCUT2D eigenvalue weighted by Crippen LogP contribution is 2.55. The second-order valence-corrected chi connectivity index (χ2v) is 13.6. The average Bonchev–Trinajstić information content (AvgIpc) is 2.90. The second-order valence-electron chi connectivity index (χ2n) is 13.6. The van der Waals surface area contributed by atoms with Crippen molar-refractivity contribution >= 4 is 5.97 Å². The average molecular weight is 558 g/mol. The molecule has 1 aliphatic heterocycles. The Labute approximate surface area is 248 Å². The molecule has 0 unspecified atom stereocenters. The van der Waals surface area contributed by atoms with E-state index in [0.29, 0.717) is 11.2 Å². The highest BCUT2D eigenvalue weighted by atomic mass is 16.4. The number of aliphatic carboxylic acids is 1. The smallest absolute Gasteiger partial charge is 0.328 e. The number of carbonyl (C=O) groups is 1. The molecule has 4 heteroatoms. The monoisotopic (exact) mass is 557 g/mol. The largest absolute Gasteiger partial charge is 0.508 e. The number of phenols is 1. The van der Waals surface area contributed by atoms with E-state index in [-0.39, 0.29) is 5.41 Å². The summed E-state index contributed by atoms with van der Waals surface area (Å²) in [6, 6.07) is 6.85. The van der Waals surface area contributed by atoms with Gasteiger partial charge in [0, 0.05) is 17.5 Å². The standard InChI is InChI=1S/C20H28O2.C17H23NO/c1-15(8-6-9-16(2)14-19(21)22)11-12-18-17(3)10-7-13-20(18,4)5;1-18-9-8-17-7-3-2-4-14(17)16(18)10-12-5-6-13(19)11-15(12)17/h6,8-9,11-12,14H,7,10,13H2,1-5H3,(H,21,22);5-6,11,14,16,19H,2-4,7-10H2,1H3/b9-6+,12-11+,15-8+,16-14+;/t;14-,16+,17+/m.0/s1. The second kappa shape index (κ2) is 13.0. The lowest BCUT2D eigenvalue weighted by Gasteiger charge is -2.58. The molecule has 3 aliphatic carbocycles. The number of nitrogens with zero attached hydrogens (tertiary/aromatic N) is 1. The summed E-state index contributed by atoms with van der Waals surface area (Å²) in [4.78, 5) is 13.1. The SMILES string of the molecule is CC1=C(/C=C/C(C)=C/C=C/C(C)=C/C(=O)O)C(C)(C)CCC1.CN1CC[C@]23CCCC[C@H]2[C@H]1Cc1ccc(O)cc13. The molecule has 1 saturated heterocycles. The minimum absolute atomic E-state index is 0.260. The normalized spacial score (nSPS) is 28.2. The van der Waals surface area contributed by atoms with Crippen LogP contribution >= 0.6 is 0 Å². The molecule has 2 bridgehead atoms. The number of likely N-dealkylation sites (tertiary alicyclic amines) is 1. The number of aromatic hydroxyl groups is 1. The molecule has 4 aliphatic rings. The number of benzene rings is 1. The number of phenolic OH excluding ortho intramolecular Hbond substituents is 1. The molecular weight excluding hydrogens is 506 g/mol. The minimum Gasteiger partial charge on any atom is -0.508 e. The molecule has 2 fully saturated rings. The highest BCUT2D eigenvalue weighted by Gasteiger charge is 2.53. The van der Waals surface area contributed by atoms with Crippen molar-refractivity contribution in [3.05, 3.63) is 88.1 Å². The van der Waals surface area contributed by atoms with E-state index in [1.54, 1.807) is 13.0 Å². The van der Waals surface area contributed by atoms with E-state index >= 15 is 0 Å². The Hall–Kier alpha value is -2.85. The van der Waals surface area contributed by atoms with Gasteiger partial charge in [0.1, 0.15) is 5.75 Å². The van der Waals surface area contributed by atoms with Crippen molar-refractivity contribution < 1.29 is 15.0 Å². The van der Waals surface area contributed by atoms with Gasteiger partial charge in [-0.15, -0.1) is 0 Å². The Balaban J connectivity index is 0.000000190. The van der Waals surface area contributed by atoms with E-state index in [0.717, 1.165) is 23.1 Å². The molecule has 41 heavy (non-hydrogen) atoms. The molecule has 1 heterocycles. The number of hydrogen-bond donors (Lipinski definition) is 2. The van der Waals surface area contributed by atoms with Gasteiger partial charge in [-0.05, 0) is 125 Å². The van der Waals surface area contributed by atoms with E-state index in [4.69, 9.17) is 5.11 Å². The van der Waals surface area contributed by atoms with Gasteiger partial charge < -0.3 is 15.1 Å². The summed E-state index contributed by atoms with van der Waals surface area (Å²) < 4.78 is 0. The van der Waals surface area contributed by atoms with Crippen LogP contribution in [0.1, 0.15) is 97.1 Å². The number of allylic oxidation sites excluding steroid dienone is 9. The van der Waals surface area contributed by atoms with E-state index < -0.39 is 5.97 Å². The summed E-state index contributed by atoms with van der Waals surface area (Å²) in [7, 11) is 2.30. The van der Waals surface area contributed by atoms with Gasteiger partial charge in [-0.1, -0.05) is 74.3 Å². The molecule has 222 valence electrons. The van der Waals surface area contributed by atoms with E-state index in [1.807, 2.05) is 18.2 Å². The number of rotatable bonds is 5. The predicted octanol–water partition coefficient (Wildman–Crippen LogP) is 8.68. The first-order valence-corrected chi connectivity index (χ1v) is 15.6. The van der Waals surface area contributed by atoms with Gasteiger partial charge in [0.15, 0.2) is 0 Å². The Morgan fingerprint density at radius 2 is 1.83 bits per heavy atom. The maximum atomic E-state index is 10.5. The van der Waals surface area contributed by atoms with E-state index in [1.165, 1.54) is 92.7 Å². The number of carboxylic acids is 1. The molecule has 5 rings (SSSR count).